The van der Waals surface area contributed by atoms with Gasteiger partial charge in [0.2, 0.25) is 0 Å². The molecule has 6 N–H and O–H groups in total. The second kappa shape index (κ2) is 4.32. The molecule has 1 aliphatic heterocycles. The van der Waals surface area contributed by atoms with Gasteiger partial charge in [-0.15, -0.1) is 0 Å². The minimum Gasteiger partial charge on any atom is -0.394 e. The predicted octanol–water partition coefficient (Wildman–Crippen LogP) is -3.03. The van der Waals surface area contributed by atoms with Crippen LogP contribution in [0.15, 0.2) is 0 Å². The predicted molar refractivity (Wildman–Crippen MR) is 44.8 cm³/mol. The first-order valence-corrected chi connectivity index (χ1v) is 4.17. The van der Waals surface area contributed by atoms with Crippen LogP contribution in [-0.4, -0.2) is 59.6 Å². The Balaban J connectivity index is 2.66. The van der Waals surface area contributed by atoms with Crippen molar-refractivity contribution in [2.24, 2.45) is 5.73 Å². The zero-order valence-corrected chi connectivity index (χ0v) is 7.42. The normalized spacial score (nSPS) is 46.4. The summed E-state index contributed by atoms with van der Waals surface area (Å²) in [7, 11) is 1.61. The van der Waals surface area contributed by atoms with Gasteiger partial charge in [0.1, 0.15) is 24.5 Å². The molecule has 5 atom stereocenters. The van der Waals surface area contributed by atoms with Gasteiger partial charge in [0, 0.05) is 0 Å². The number of hydrogen-bond acceptors (Lipinski definition) is 6. The highest BCUT2D eigenvalue weighted by molar-refractivity contribution is 4.93. The van der Waals surface area contributed by atoms with Gasteiger partial charge in [-0.3, -0.25) is 0 Å². The quantitative estimate of drug-likeness (QED) is 0.318. The van der Waals surface area contributed by atoms with Crippen molar-refractivity contribution in [2.75, 3.05) is 13.7 Å². The van der Waals surface area contributed by atoms with E-state index in [4.69, 9.17) is 15.6 Å². The molecule has 0 aliphatic carbocycles. The summed E-state index contributed by atoms with van der Waals surface area (Å²) < 4.78 is 5.08. The number of likely N-dealkylation sites (N-methyl/N-ethyl adjacent to an activating group) is 1. The molecule has 6 heteroatoms. The number of nitrogens with one attached hydrogen (secondary N) is 1. The van der Waals surface area contributed by atoms with Crippen molar-refractivity contribution >= 4 is 0 Å². The molecule has 1 saturated heterocycles. The molecule has 0 aromatic rings. The minimum atomic E-state index is -1.11. The third kappa shape index (κ3) is 1.98. The van der Waals surface area contributed by atoms with Crippen LogP contribution in [0.25, 0.3) is 0 Å². The van der Waals surface area contributed by atoms with Crippen molar-refractivity contribution in [1.29, 1.82) is 0 Å². The van der Waals surface area contributed by atoms with Crippen LogP contribution < -0.4 is 11.1 Å². The van der Waals surface area contributed by atoms with E-state index < -0.39 is 30.6 Å². The van der Waals surface area contributed by atoms with Crippen LogP contribution in [0.1, 0.15) is 0 Å². The maximum atomic E-state index is 9.53. The first-order chi connectivity index (χ1) is 6.11. The van der Waals surface area contributed by atoms with Crippen LogP contribution in [0.5, 0.6) is 0 Å². The van der Waals surface area contributed by atoms with E-state index in [0.717, 1.165) is 0 Å². The average molecular weight is 192 g/mol. The fourth-order valence-corrected chi connectivity index (χ4v) is 1.48. The summed E-state index contributed by atoms with van der Waals surface area (Å²) in [5, 5.41) is 30.5. The van der Waals surface area contributed by atoms with Gasteiger partial charge in [0.25, 0.3) is 0 Å². The molecule has 1 fully saturated rings. The smallest absolute Gasteiger partial charge is 0.124 e. The highest BCUT2D eigenvalue weighted by Crippen LogP contribution is 2.17. The molecular weight excluding hydrogens is 176 g/mol. The molecule has 1 heterocycles. The molecule has 0 unspecified atom stereocenters. The third-order valence-electron chi connectivity index (χ3n) is 2.30. The Bertz CT molecular complexity index is 169. The molecular formula is C7H16N2O4. The zero-order valence-electron chi connectivity index (χ0n) is 7.42. The van der Waals surface area contributed by atoms with Crippen LogP contribution in [0.2, 0.25) is 0 Å². The molecule has 13 heavy (non-hydrogen) atoms. The van der Waals surface area contributed by atoms with Crippen LogP contribution in [-0.2, 0) is 4.74 Å². The highest BCUT2D eigenvalue weighted by atomic mass is 16.5. The van der Waals surface area contributed by atoms with Gasteiger partial charge in [0.05, 0.1) is 12.6 Å². The number of nitrogens with two attached hydrogens (primary N) is 1. The Labute approximate surface area is 76.3 Å². The van der Waals surface area contributed by atoms with E-state index in [2.05, 4.69) is 5.32 Å². The van der Waals surface area contributed by atoms with Crippen LogP contribution >= 0.6 is 0 Å². The first kappa shape index (κ1) is 10.8. The van der Waals surface area contributed by atoms with E-state index >= 15 is 0 Å². The monoisotopic (exact) mass is 192 g/mol. The topological polar surface area (TPSA) is 108 Å². The van der Waals surface area contributed by atoms with E-state index in [0.29, 0.717) is 0 Å². The lowest BCUT2D eigenvalue weighted by Gasteiger charge is -2.40. The maximum absolute atomic E-state index is 9.53. The van der Waals surface area contributed by atoms with Gasteiger partial charge >= 0.3 is 0 Å². The Morgan fingerprint density at radius 1 is 1.38 bits per heavy atom. The zero-order chi connectivity index (χ0) is 10.0. The summed E-state index contributed by atoms with van der Waals surface area (Å²) >= 11 is 0. The molecule has 0 bridgehead atoms. The van der Waals surface area contributed by atoms with Gasteiger partial charge in [-0.25, -0.2) is 0 Å². The molecule has 0 radical (unpaired) electrons. The fraction of sp³-hybridized carbons (Fsp3) is 1.00. The Morgan fingerprint density at radius 3 is 2.46 bits per heavy atom. The molecule has 0 saturated carbocycles. The molecule has 0 spiro atoms. The molecule has 0 aromatic carbocycles. The van der Waals surface area contributed by atoms with Crippen LogP contribution in [0, 0.1) is 0 Å². The van der Waals surface area contributed by atoms with Gasteiger partial charge < -0.3 is 31.1 Å². The molecule has 78 valence electrons. The van der Waals surface area contributed by atoms with Crippen molar-refractivity contribution in [3.63, 3.8) is 0 Å². The maximum Gasteiger partial charge on any atom is 0.124 e. The fourth-order valence-electron chi connectivity index (χ4n) is 1.48. The second-order valence-electron chi connectivity index (χ2n) is 3.12. The number of hydrogen-bond donors (Lipinski definition) is 5. The van der Waals surface area contributed by atoms with E-state index in [1.165, 1.54) is 0 Å². The van der Waals surface area contributed by atoms with Gasteiger partial charge in [0.15, 0.2) is 0 Å². The van der Waals surface area contributed by atoms with E-state index in [9.17, 15) is 10.2 Å². The largest absolute Gasteiger partial charge is 0.394 e. The lowest BCUT2D eigenvalue weighted by molar-refractivity contribution is -0.191. The van der Waals surface area contributed by atoms with Gasteiger partial charge in [-0.1, -0.05) is 0 Å². The lowest BCUT2D eigenvalue weighted by atomic mass is 9.96. The molecule has 6 nitrogen and oxygen atoms in total. The van der Waals surface area contributed by atoms with Crippen LogP contribution in [0.4, 0.5) is 0 Å². The van der Waals surface area contributed by atoms with Crippen molar-refractivity contribution in [1.82, 2.24) is 5.32 Å². The summed E-state index contributed by atoms with van der Waals surface area (Å²) in [5.74, 6) is 0. The van der Waals surface area contributed by atoms with Gasteiger partial charge in [-0.05, 0) is 7.05 Å². The van der Waals surface area contributed by atoms with Crippen molar-refractivity contribution in [2.45, 2.75) is 30.6 Å². The number of ether oxygens (including phenoxy) is 1. The summed E-state index contributed by atoms with van der Waals surface area (Å²) in [6.07, 6.45) is -3.66. The Hall–Kier alpha value is -0.240. The first-order valence-electron chi connectivity index (χ1n) is 4.17. The Morgan fingerprint density at radius 2 is 2.00 bits per heavy atom. The van der Waals surface area contributed by atoms with Crippen molar-refractivity contribution in [3.05, 3.63) is 0 Å². The van der Waals surface area contributed by atoms with Crippen molar-refractivity contribution < 1.29 is 20.1 Å². The van der Waals surface area contributed by atoms with E-state index in [1.807, 2.05) is 0 Å². The third-order valence-corrected chi connectivity index (χ3v) is 2.30. The number of aliphatic hydroxyl groups is 3. The lowest BCUT2D eigenvalue weighted by Crippen LogP contribution is -2.65. The van der Waals surface area contributed by atoms with Crippen LogP contribution in [0.3, 0.4) is 0 Å². The summed E-state index contributed by atoms with van der Waals surface area (Å²) in [6.45, 7) is -0.359. The minimum absolute atomic E-state index is 0.359. The molecule has 1 aliphatic rings. The summed E-state index contributed by atoms with van der Waals surface area (Å²) in [6, 6.07) is -0.516. The number of rotatable bonds is 2. The average Bonchev–Trinajstić information content (AvgIpc) is 2.12. The molecule has 1 rings (SSSR count). The van der Waals surface area contributed by atoms with E-state index in [1.54, 1.807) is 7.05 Å². The Kier molecular flexibility index (Phi) is 3.60. The van der Waals surface area contributed by atoms with Gasteiger partial charge in [-0.2, -0.15) is 0 Å². The SMILES string of the molecule is CN[C@@H]1[C@@H](O)[C@H](O)[C@@H](CO)O[C@H]1N. The number of aliphatic hydroxyl groups excluding tert-OH is 3. The molecule has 0 amide bonds. The van der Waals surface area contributed by atoms with E-state index in [-0.39, 0.29) is 6.61 Å². The molecule has 0 aromatic heterocycles. The highest BCUT2D eigenvalue weighted by Gasteiger charge is 2.41. The van der Waals surface area contributed by atoms with Crippen molar-refractivity contribution in [3.8, 4) is 0 Å². The summed E-state index contributed by atoms with van der Waals surface area (Å²) in [4.78, 5) is 0. The standard InChI is InChI=1S/C7H16N2O4/c1-9-4-6(12)5(11)3(2-10)13-7(4)8/h3-7,9-12H,2,8H2,1H3/t3-,4-,5-,6-,7-/m1/s1. The second-order valence-corrected chi connectivity index (χ2v) is 3.12. The summed E-state index contributed by atoms with van der Waals surface area (Å²) in [5.41, 5.74) is 5.54.